The van der Waals surface area contributed by atoms with Gasteiger partial charge in [-0.1, -0.05) is 12.1 Å². The van der Waals surface area contributed by atoms with Gasteiger partial charge in [0.25, 0.3) is 0 Å². The first-order valence-electron chi connectivity index (χ1n) is 5.82. The molecule has 0 N–H and O–H groups in total. The van der Waals surface area contributed by atoms with Crippen LogP contribution < -0.4 is 0 Å². The molecular weight excluding hydrogens is 247 g/mol. The molecule has 0 atom stereocenters. The molecule has 1 aliphatic carbocycles. The van der Waals surface area contributed by atoms with Crippen LogP contribution in [0.25, 0.3) is 11.3 Å². The van der Waals surface area contributed by atoms with Crippen LogP contribution in [0.5, 0.6) is 0 Å². The topological polar surface area (TPSA) is 36.7 Å². The summed E-state index contributed by atoms with van der Waals surface area (Å²) in [6.45, 7) is 0. The quantitative estimate of drug-likeness (QED) is 0.839. The van der Waals surface area contributed by atoms with Crippen molar-refractivity contribution in [2.45, 2.75) is 19.3 Å². The number of hydrogen-bond acceptors (Lipinski definition) is 3. The summed E-state index contributed by atoms with van der Waals surface area (Å²) in [6, 6.07) is 8.80. The van der Waals surface area contributed by atoms with Crippen molar-refractivity contribution in [3.05, 3.63) is 40.5 Å². The SMILES string of the molecule is N#CC1(Cc2nc(-c3cccc(F)c3)cs2)CC1. The predicted molar refractivity (Wildman–Crippen MR) is 68.5 cm³/mol. The molecule has 1 fully saturated rings. The molecule has 0 saturated heterocycles. The first kappa shape index (κ1) is 11.4. The molecule has 1 heterocycles. The number of halogens is 1. The monoisotopic (exact) mass is 258 g/mol. The van der Waals surface area contributed by atoms with Crippen molar-refractivity contribution in [3.8, 4) is 17.3 Å². The summed E-state index contributed by atoms with van der Waals surface area (Å²) >= 11 is 1.55. The maximum absolute atomic E-state index is 13.1. The summed E-state index contributed by atoms with van der Waals surface area (Å²) in [5, 5.41) is 11.9. The van der Waals surface area contributed by atoms with Crippen LogP contribution in [-0.4, -0.2) is 4.98 Å². The minimum absolute atomic E-state index is 0.170. The van der Waals surface area contributed by atoms with Gasteiger partial charge in [-0.25, -0.2) is 9.37 Å². The Morgan fingerprint density at radius 3 is 2.94 bits per heavy atom. The molecule has 1 aliphatic rings. The van der Waals surface area contributed by atoms with Crippen molar-refractivity contribution in [1.82, 2.24) is 4.98 Å². The first-order chi connectivity index (χ1) is 8.71. The Morgan fingerprint density at radius 2 is 2.28 bits per heavy atom. The van der Waals surface area contributed by atoms with Gasteiger partial charge >= 0.3 is 0 Å². The zero-order valence-electron chi connectivity index (χ0n) is 9.69. The van der Waals surface area contributed by atoms with Gasteiger partial charge < -0.3 is 0 Å². The zero-order valence-corrected chi connectivity index (χ0v) is 10.5. The highest BCUT2D eigenvalue weighted by atomic mass is 32.1. The van der Waals surface area contributed by atoms with E-state index in [2.05, 4.69) is 11.1 Å². The maximum atomic E-state index is 13.1. The molecule has 0 aliphatic heterocycles. The van der Waals surface area contributed by atoms with Crippen LogP contribution in [0.4, 0.5) is 4.39 Å². The molecule has 1 aromatic heterocycles. The van der Waals surface area contributed by atoms with E-state index in [-0.39, 0.29) is 11.2 Å². The lowest BCUT2D eigenvalue weighted by Crippen LogP contribution is -2.00. The number of benzene rings is 1. The van der Waals surface area contributed by atoms with Crippen molar-refractivity contribution >= 4 is 11.3 Å². The second kappa shape index (κ2) is 4.18. The van der Waals surface area contributed by atoms with Gasteiger partial charge in [0.15, 0.2) is 0 Å². The summed E-state index contributed by atoms with van der Waals surface area (Å²) < 4.78 is 13.1. The average Bonchev–Trinajstić information content (AvgIpc) is 2.99. The molecule has 0 unspecified atom stereocenters. The fourth-order valence-corrected chi connectivity index (χ4v) is 2.89. The van der Waals surface area contributed by atoms with Crippen molar-refractivity contribution < 1.29 is 4.39 Å². The Kier molecular flexibility index (Phi) is 2.64. The largest absolute Gasteiger partial charge is 0.241 e. The van der Waals surface area contributed by atoms with E-state index >= 15 is 0 Å². The molecule has 0 radical (unpaired) electrons. The van der Waals surface area contributed by atoms with E-state index in [0.717, 1.165) is 35.5 Å². The minimum Gasteiger partial charge on any atom is -0.241 e. The number of nitriles is 1. The van der Waals surface area contributed by atoms with Gasteiger partial charge in [-0.3, -0.25) is 0 Å². The third-order valence-electron chi connectivity index (χ3n) is 3.25. The molecule has 4 heteroatoms. The lowest BCUT2D eigenvalue weighted by molar-refractivity contribution is 0.628. The van der Waals surface area contributed by atoms with E-state index in [1.807, 2.05) is 11.4 Å². The molecule has 2 aromatic rings. The van der Waals surface area contributed by atoms with Crippen LogP contribution >= 0.6 is 11.3 Å². The van der Waals surface area contributed by atoms with E-state index < -0.39 is 0 Å². The number of hydrogen-bond donors (Lipinski definition) is 0. The van der Waals surface area contributed by atoms with Gasteiger partial charge in [0.2, 0.25) is 0 Å². The third kappa shape index (κ3) is 2.14. The van der Waals surface area contributed by atoms with Crippen LogP contribution in [0.1, 0.15) is 17.8 Å². The summed E-state index contributed by atoms with van der Waals surface area (Å²) in [5.74, 6) is -0.252. The Balaban J connectivity index is 1.84. The number of aromatic nitrogens is 1. The van der Waals surface area contributed by atoms with E-state index in [4.69, 9.17) is 5.26 Å². The molecule has 18 heavy (non-hydrogen) atoms. The van der Waals surface area contributed by atoms with Crippen LogP contribution in [0.3, 0.4) is 0 Å². The molecule has 0 amide bonds. The highest BCUT2D eigenvalue weighted by Gasteiger charge is 2.43. The van der Waals surface area contributed by atoms with Gasteiger partial charge in [0.1, 0.15) is 5.82 Å². The molecule has 90 valence electrons. The van der Waals surface area contributed by atoms with E-state index in [1.165, 1.54) is 12.1 Å². The van der Waals surface area contributed by atoms with Crippen LogP contribution in [0.15, 0.2) is 29.6 Å². The average molecular weight is 258 g/mol. The lowest BCUT2D eigenvalue weighted by atomic mass is 10.1. The highest BCUT2D eigenvalue weighted by Crippen LogP contribution is 2.48. The molecular formula is C14H11FN2S. The number of thiazole rings is 1. The Hall–Kier alpha value is -1.73. The zero-order chi connectivity index (χ0) is 12.6. The predicted octanol–water partition coefficient (Wildman–Crippen LogP) is 3.80. The summed E-state index contributed by atoms with van der Waals surface area (Å²) in [5.41, 5.74) is 1.42. The van der Waals surface area contributed by atoms with E-state index in [0.29, 0.717) is 0 Å². The number of rotatable bonds is 3. The molecule has 0 spiro atoms. The van der Waals surface area contributed by atoms with Crippen LogP contribution in [0, 0.1) is 22.6 Å². The maximum Gasteiger partial charge on any atom is 0.123 e. The molecule has 1 aromatic carbocycles. The normalized spacial score (nSPS) is 16.2. The summed E-state index contributed by atoms with van der Waals surface area (Å²) in [7, 11) is 0. The van der Waals surface area contributed by atoms with Gasteiger partial charge in [-0.15, -0.1) is 11.3 Å². The van der Waals surface area contributed by atoms with E-state index in [9.17, 15) is 4.39 Å². The van der Waals surface area contributed by atoms with Crippen molar-refractivity contribution in [2.24, 2.45) is 5.41 Å². The Bertz CT molecular complexity index is 623. The molecule has 0 bridgehead atoms. The number of nitrogens with zero attached hydrogens (tertiary/aromatic N) is 2. The summed E-state index contributed by atoms with van der Waals surface area (Å²) in [6.07, 6.45) is 2.67. The highest BCUT2D eigenvalue weighted by molar-refractivity contribution is 7.09. The van der Waals surface area contributed by atoms with Gasteiger partial charge in [0, 0.05) is 17.4 Å². The molecule has 3 rings (SSSR count). The van der Waals surface area contributed by atoms with Crippen LogP contribution in [-0.2, 0) is 6.42 Å². The van der Waals surface area contributed by atoms with Gasteiger partial charge in [-0.05, 0) is 25.0 Å². The Morgan fingerprint density at radius 1 is 1.44 bits per heavy atom. The van der Waals surface area contributed by atoms with Crippen LogP contribution in [0.2, 0.25) is 0 Å². The Labute approximate surface area is 109 Å². The molecule has 1 saturated carbocycles. The standard InChI is InChI=1S/C14H11FN2S/c15-11-3-1-2-10(6-11)12-8-18-13(17-12)7-14(9-16)4-5-14/h1-3,6,8H,4-5,7H2. The fourth-order valence-electron chi connectivity index (χ4n) is 1.94. The van der Waals surface area contributed by atoms with Gasteiger partial charge in [-0.2, -0.15) is 5.26 Å². The van der Waals surface area contributed by atoms with Crippen molar-refractivity contribution in [2.75, 3.05) is 0 Å². The lowest BCUT2D eigenvalue weighted by Gasteiger charge is -2.00. The minimum atomic E-state index is -0.252. The molecule has 2 nitrogen and oxygen atoms in total. The second-order valence-corrected chi connectivity index (χ2v) is 5.65. The van der Waals surface area contributed by atoms with Crippen molar-refractivity contribution in [1.29, 1.82) is 5.26 Å². The van der Waals surface area contributed by atoms with E-state index in [1.54, 1.807) is 17.4 Å². The van der Waals surface area contributed by atoms with Gasteiger partial charge in [0.05, 0.1) is 22.2 Å². The second-order valence-electron chi connectivity index (χ2n) is 4.71. The smallest absolute Gasteiger partial charge is 0.123 e. The first-order valence-corrected chi connectivity index (χ1v) is 6.70. The third-order valence-corrected chi connectivity index (χ3v) is 4.10. The van der Waals surface area contributed by atoms with Crippen molar-refractivity contribution in [3.63, 3.8) is 0 Å². The fraction of sp³-hybridized carbons (Fsp3) is 0.286. The summed E-state index contributed by atoms with van der Waals surface area (Å²) in [4.78, 5) is 4.50.